The Morgan fingerprint density at radius 3 is 1.37 bits per heavy atom. The van der Waals surface area contributed by atoms with Crippen molar-refractivity contribution in [1.82, 2.24) is 4.90 Å². The van der Waals surface area contributed by atoms with Gasteiger partial charge in [-0.1, -0.05) is 117 Å². The fourth-order valence-corrected chi connectivity index (χ4v) is 8.66. The van der Waals surface area contributed by atoms with E-state index in [1.54, 1.807) is 0 Å². The lowest BCUT2D eigenvalue weighted by atomic mass is 10.0. The van der Waals surface area contributed by atoms with Gasteiger partial charge in [0.2, 0.25) is 0 Å². The maximum atomic E-state index is 12.8. The molecule has 0 radical (unpaired) electrons. The molecule has 0 aliphatic heterocycles. The van der Waals surface area contributed by atoms with E-state index in [-0.39, 0.29) is 32.0 Å². The van der Waals surface area contributed by atoms with E-state index in [1.807, 2.05) is 19.0 Å². The van der Waals surface area contributed by atoms with Crippen LogP contribution in [0.5, 0.6) is 0 Å². The predicted octanol–water partition coefficient (Wildman–Crippen LogP) is 13.5. The van der Waals surface area contributed by atoms with Crippen molar-refractivity contribution >= 4 is 19.8 Å². The summed E-state index contributed by atoms with van der Waals surface area (Å²) in [5.74, 6) is 3.84. The standard InChI is InChI=1S/C51H90NO10P/c1-9-11-26-32-47-43(5)44(6)49(62-47)34-28-22-18-14-12-13-15-20-24-29-35-50(53)57-39-45(40-59-63(55,56)58-38-37-52(7)8)60-51(54)36-30-25-21-17-16-19-23-27-33-48-42(4)41(3)46(61-48)31-10-2/h45H,9-40H2,1-8H3,(H,55,56)/t45-/m1/s1. The number of hydrogen-bond acceptors (Lipinski definition) is 10. The molecule has 63 heavy (non-hydrogen) atoms. The number of phosphoric acid groups is 1. The zero-order valence-corrected chi connectivity index (χ0v) is 42.1. The van der Waals surface area contributed by atoms with Crippen LogP contribution in [0.15, 0.2) is 8.83 Å². The molecule has 364 valence electrons. The molecule has 2 aromatic heterocycles. The van der Waals surface area contributed by atoms with Gasteiger partial charge in [0.25, 0.3) is 0 Å². The molecule has 1 N–H and O–H groups in total. The number of phosphoric ester groups is 1. The summed E-state index contributed by atoms with van der Waals surface area (Å²) in [7, 11) is -0.740. The number of hydrogen-bond donors (Lipinski definition) is 1. The van der Waals surface area contributed by atoms with Gasteiger partial charge in [0.15, 0.2) is 6.10 Å². The summed E-state index contributed by atoms with van der Waals surface area (Å²) in [6, 6.07) is 0. The predicted molar refractivity (Wildman–Crippen MR) is 254 cm³/mol. The van der Waals surface area contributed by atoms with Crippen molar-refractivity contribution in [3.05, 3.63) is 45.3 Å². The van der Waals surface area contributed by atoms with E-state index in [0.717, 1.165) is 95.0 Å². The summed E-state index contributed by atoms with van der Waals surface area (Å²) < 4.78 is 46.1. The van der Waals surface area contributed by atoms with Crippen LogP contribution in [-0.2, 0) is 58.4 Å². The Balaban J connectivity index is 1.59. The number of ether oxygens (including phenoxy) is 2. The van der Waals surface area contributed by atoms with Crippen LogP contribution in [0.1, 0.15) is 213 Å². The van der Waals surface area contributed by atoms with Gasteiger partial charge in [-0.25, -0.2) is 4.57 Å². The average Bonchev–Trinajstić information content (AvgIpc) is 3.67. The van der Waals surface area contributed by atoms with Crippen molar-refractivity contribution in [3.63, 3.8) is 0 Å². The first-order chi connectivity index (χ1) is 30.3. The lowest BCUT2D eigenvalue weighted by Crippen LogP contribution is -2.29. The van der Waals surface area contributed by atoms with Crippen LogP contribution in [0.3, 0.4) is 0 Å². The second-order valence-corrected chi connectivity index (χ2v) is 19.6. The van der Waals surface area contributed by atoms with E-state index < -0.39 is 26.5 Å². The van der Waals surface area contributed by atoms with Crippen molar-refractivity contribution in [2.75, 3.05) is 40.5 Å². The van der Waals surface area contributed by atoms with Gasteiger partial charge in [0.1, 0.15) is 29.6 Å². The number of likely N-dealkylation sites (N-methyl/N-ethyl adjacent to an activating group) is 1. The molecule has 2 atom stereocenters. The number of carbonyl (C=O) groups is 2. The molecule has 0 saturated heterocycles. The summed E-state index contributed by atoms with van der Waals surface area (Å²) in [4.78, 5) is 37.3. The van der Waals surface area contributed by atoms with Crippen molar-refractivity contribution in [1.29, 1.82) is 0 Å². The Morgan fingerprint density at radius 1 is 0.540 bits per heavy atom. The summed E-state index contributed by atoms with van der Waals surface area (Å²) in [5.41, 5.74) is 5.32. The average molecular weight is 908 g/mol. The molecule has 0 spiro atoms. The summed E-state index contributed by atoms with van der Waals surface area (Å²) in [6.45, 7) is 12.9. The summed E-state index contributed by atoms with van der Waals surface area (Å²) in [5, 5.41) is 0. The van der Waals surface area contributed by atoms with Gasteiger partial charge >= 0.3 is 19.8 Å². The van der Waals surface area contributed by atoms with E-state index in [1.165, 1.54) is 111 Å². The number of rotatable bonds is 40. The largest absolute Gasteiger partial charge is 0.472 e. The van der Waals surface area contributed by atoms with Gasteiger partial charge in [-0.2, -0.15) is 0 Å². The highest BCUT2D eigenvalue weighted by atomic mass is 31.2. The van der Waals surface area contributed by atoms with Gasteiger partial charge in [0.05, 0.1) is 13.2 Å². The Hall–Kier alpha value is -2.43. The molecule has 1 unspecified atom stereocenters. The van der Waals surface area contributed by atoms with Crippen LogP contribution < -0.4 is 0 Å². The highest BCUT2D eigenvalue weighted by Gasteiger charge is 2.26. The second kappa shape index (κ2) is 34.0. The molecule has 11 nitrogen and oxygen atoms in total. The number of unbranched alkanes of at least 4 members (excludes halogenated alkanes) is 18. The van der Waals surface area contributed by atoms with Crippen LogP contribution >= 0.6 is 7.82 Å². The first kappa shape index (κ1) is 56.7. The molecule has 0 bridgehead atoms. The maximum absolute atomic E-state index is 12.8. The van der Waals surface area contributed by atoms with Crippen molar-refractivity contribution in [2.24, 2.45) is 0 Å². The minimum Gasteiger partial charge on any atom is -0.466 e. The molecule has 0 aliphatic rings. The molecule has 0 saturated carbocycles. The van der Waals surface area contributed by atoms with Gasteiger partial charge in [0, 0.05) is 45.1 Å². The Labute approximate surface area is 383 Å². The quantitative estimate of drug-likeness (QED) is 0.0388. The zero-order valence-electron chi connectivity index (χ0n) is 41.2. The molecule has 12 heteroatoms. The Kier molecular flexibility index (Phi) is 30.6. The third kappa shape index (κ3) is 25.7. The molecule has 0 fully saturated rings. The zero-order chi connectivity index (χ0) is 46.3. The van der Waals surface area contributed by atoms with Crippen LogP contribution in [0, 0.1) is 27.7 Å². The van der Waals surface area contributed by atoms with Crippen LogP contribution in [0.4, 0.5) is 0 Å². The van der Waals surface area contributed by atoms with Crippen LogP contribution in [0.2, 0.25) is 0 Å². The SMILES string of the molecule is CCCCCc1oc(CCCCCCCCCCCCC(=O)OC[C@H](COP(=O)(O)OCCN(C)C)OC(=O)CCCCCCCCCCc2oc(CCC)c(C)c2C)c(C)c1C. The van der Waals surface area contributed by atoms with Gasteiger partial charge in [-0.15, -0.1) is 0 Å². The van der Waals surface area contributed by atoms with Crippen LogP contribution in [-0.4, -0.2) is 68.3 Å². The highest BCUT2D eigenvalue weighted by Crippen LogP contribution is 2.43. The molecule has 0 aliphatic carbocycles. The van der Waals surface area contributed by atoms with Crippen molar-refractivity contribution < 1.29 is 46.4 Å². The summed E-state index contributed by atoms with van der Waals surface area (Å²) >= 11 is 0. The lowest BCUT2D eigenvalue weighted by molar-refractivity contribution is -0.161. The first-order valence-corrected chi connectivity index (χ1v) is 26.5. The van der Waals surface area contributed by atoms with Crippen molar-refractivity contribution in [2.45, 2.75) is 227 Å². The van der Waals surface area contributed by atoms with Gasteiger partial charge in [-0.05, 0) is 103 Å². The molecule has 2 heterocycles. The third-order valence-corrected chi connectivity index (χ3v) is 13.3. The molecular weight excluding hydrogens is 818 g/mol. The fraction of sp³-hybridized carbons (Fsp3) is 0.804. The molecule has 0 amide bonds. The Bertz CT molecular complexity index is 1570. The number of nitrogens with zero attached hydrogens (tertiary/aromatic N) is 1. The summed E-state index contributed by atoms with van der Waals surface area (Å²) in [6.07, 6.45) is 28.0. The van der Waals surface area contributed by atoms with Crippen LogP contribution in [0.25, 0.3) is 0 Å². The maximum Gasteiger partial charge on any atom is 0.472 e. The normalized spacial score (nSPS) is 13.2. The van der Waals surface area contributed by atoms with Crippen molar-refractivity contribution in [3.8, 4) is 0 Å². The molecule has 2 aromatic rings. The second-order valence-electron chi connectivity index (χ2n) is 18.2. The number of carbonyl (C=O) groups excluding carboxylic acids is 2. The monoisotopic (exact) mass is 908 g/mol. The highest BCUT2D eigenvalue weighted by molar-refractivity contribution is 7.47. The van der Waals surface area contributed by atoms with E-state index in [0.29, 0.717) is 13.0 Å². The molecule has 0 aromatic carbocycles. The van der Waals surface area contributed by atoms with Gasteiger partial charge in [-0.3, -0.25) is 18.6 Å². The molecular formula is C51H90NO10P. The topological polar surface area (TPSA) is 138 Å². The van der Waals surface area contributed by atoms with Gasteiger partial charge < -0.3 is 28.1 Å². The fourth-order valence-electron chi connectivity index (χ4n) is 7.91. The van der Waals surface area contributed by atoms with E-state index in [4.69, 9.17) is 27.4 Å². The minimum atomic E-state index is -4.39. The Morgan fingerprint density at radius 2 is 0.937 bits per heavy atom. The molecule has 2 rings (SSSR count). The minimum absolute atomic E-state index is 0.00285. The number of esters is 2. The lowest BCUT2D eigenvalue weighted by Gasteiger charge is -2.20. The van der Waals surface area contributed by atoms with E-state index >= 15 is 0 Å². The third-order valence-electron chi connectivity index (χ3n) is 12.3. The number of furan rings is 2. The van der Waals surface area contributed by atoms with E-state index in [2.05, 4.69) is 41.5 Å². The first-order valence-electron chi connectivity index (χ1n) is 25.0. The smallest absolute Gasteiger partial charge is 0.466 e. The number of aryl methyl sites for hydroxylation is 4. The van der Waals surface area contributed by atoms with E-state index in [9.17, 15) is 19.0 Å².